The monoisotopic (exact) mass is 373 g/mol. The van der Waals surface area contributed by atoms with Gasteiger partial charge in [0.1, 0.15) is 13.2 Å². The molecule has 0 aliphatic carbocycles. The van der Waals surface area contributed by atoms with Crippen molar-refractivity contribution in [2.45, 2.75) is 13.8 Å². The molecule has 1 aliphatic rings. The normalized spacial score (nSPS) is 13.8. The van der Waals surface area contributed by atoms with Gasteiger partial charge in [-0.1, -0.05) is 55.7 Å². The Bertz CT molecular complexity index is 936. The van der Waals surface area contributed by atoms with Crippen molar-refractivity contribution in [2.75, 3.05) is 25.2 Å². The predicted octanol–water partition coefficient (Wildman–Crippen LogP) is 6.10. The van der Waals surface area contributed by atoms with Gasteiger partial charge in [0, 0.05) is 24.5 Å². The van der Waals surface area contributed by atoms with E-state index >= 15 is 0 Å². The second-order valence-electron chi connectivity index (χ2n) is 6.81. The zero-order valence-electron chi connectivity index (χ0n) is 16.9. The highest BCUT2D eigenvalue weighted by atomic mass is 16.6. The standard InChI is InChI=1S/C25H27NO2/c1-6-7-8-18(2)19(3)21-9-11-22(12-10-21)20(4)26(5)23-13-14-24-25(17-23)28-16-15-27-24/h6-14,17H,1,4,15-16H2,2-3,5H3/b8-7-,19-18+. The number of hydrogen-bond acceptors (Lipinski definition) is 3. The molecular weight excluding hydrogens is 346 g/mol. The van der Waals surface area contributed by atoms with Crippen LogP contribution in [0.5, 0.6) is 11.5 Å². The van der Waals surface area contributed by atoms with Crippen molar-refractivity contribution >= 4 is 17.0 Å². The topological polar surface area (TPSA) is 21.7 Å². The molecule has 0 spiro atoms. The summed E-state index contributed by atoms with van der Waals surface area (Å²) in [5, 5.41) is 0. The first-order valence-electron chi connectivity index (χ1n) is 9.41. The minimum Gasteiger partial charge on any atom is -0.486 e. The lowest BCUT2D eigenvalue weighted by Crippen LogP contribution is -2.17. The molecule has 2 aromatic carbocycles. The van der Waals surface area contributed by atoms with Crippen LogP contribution >= 0.6 is 0 Å². The molecule has 2 aromatic rings. The summed E-state index contributed by atoms with van der Waals surface area (Å²) in [6.07, 6.45) is 5.82. The van der Waals surface area contributed by atoms with Gasteiger partial charge < -0.3 is 14.4 Å². The minimum absolute atomic E-state index is 0.580. The van der Waals surface area contributed by atoms with Gasteiger partial charge >= 0.3 is 0 Å². The lowest BCUT2D eigenvalue weighted by atomic mass is 10.00. The van der Waals surface area contributed by atoms with Crippen molar-refractivity contribution in [3.05, 3.63) is 90.6 Å². The van der Waals surface area contributed by atoms with Crippen LogP contribution in [0.4, 0.5) is 5.69 Å². The number of ether oxygens (including phenoxy) is 2. The van der Waals surface area contributed by atoms with Gasteiger partial charge in [0.2, 0.25) is 0 Å². The van der Waals surface area contributed by atoms with Gasteiger partial charge in [-0.25, -0.2) is 0 Å². The Morgan fingerprint density at radius 3 is 2.29 bits per heavy atom. The summed E-state index contributed by atoms with van der Waals surface area (Å²) in [7, 11) is 2.01. The van der Waals surface area contributed by atoms with E-state index in [1.54, 1.807) is 6.08 Å². The van der Waals surface area contributed by atoms with E-state index in [9.17, 15) is 0 Å². The second kappa shape index (κ2) is 8.66. The SMILES string of the molecule is C=C/C=C\C(C)=C(/C)c1ccc(C(=C)N(C)c2ccc3c(c2)OCCO3)cc1. The molecule has 0 N–H and O–H groups in total. The summed E-state index contributed by atoms with van der Waals surface area (Å²) < 4.78 is 11.3. The molecule has 0 saturated heterocycles. The molecule has 1 aliphatic heterocycles. The summed E-state index contributed by atoms with van der Waals surface area (Å²) >= 11 is 0. The molecule has 0 amide bonds. The van der Waals surface area contributed by atoms with E-state index in [4.69, 9.17) is 9.47 Å². The third kappa shape index (κ3) is 4.20. The maximum absolute atomic E-state index is 5.69. The van der Waals surface area contributed by atoms with Crippen molar-refractivity contribution in [3.8, 4) is 11.5 Å². The number of fused-ring (bicyclic) bond motifs is 1. The van der Waals surface area contributed by atoms with Gasteiger partial charge in [0.05, 0.1) is 0 Å². The molecule has 28 heavy (non-hydrogen) atoms. The molecule has 3 heteroatoms. The third-order valence-electron chi connectivity index (χ3n) is 5.04. The fraction of sp³-hybridized carbons (Fsp3) is 0.200. The zero-order chi connectivity index (χ0) is 20.1. The number of hydrogen-bond donors (Lipinski definition) is 0. The zero-order valence-corrected chi connectivity index (χ0v) is 16.9. The maximum Gasteiger partial charge on any atom is 0.163 e. The van der Waals surface area contributed by atoms with Crippen molar-refractivity contribution in [3.63, 3.8) is 0 Å². The van der Waals surface area contributed by atoms with E-state index in [0.717, 1.165) is 28.4 Å². The lowest BCUT2D eigenvalue weighted by molar-refractivity contribution is 0.171. The van der Waals surface area contributed by atoms with E-state index in [2.05, 4.69) is 62.2 Å². The molecule has 0 bridgehead atoms. The Balaban J connectivity index is 1.79. The van der Waals surface area contributed by atoms with Crippen LogP contribution in [-0.2, 0) is 0 Å². The first kappa shape index (κ1) is 19.6. The molecule has 0 unspecified atom stereocenters. The summed E-state index contributed by atoms with van der Waals surface area (Å²) in [4.78, 5) is 2.06. The second-order valence-corrected chi connectivity index (χ2v) is 6.81. The molecular formula is C25H27NO2. The lowest BCUT2D eigenvalue weighted by Gasteiger charge is -2.25. The van der Waals surface area contributed by atoms with Crippen molar-refractivity contribution < 1.29 is 9.47 Å². The van der Waals surface area contributed by atoms with Gasteiger partial charge in [-0.05, 0) is 48.3 Å². The fourth-order valence-corrected chi connectivity index (χ4v) is 3.07. The Morgan fingerprint density at radius 2 is 1.61 bits per heavy atom. The van der Waals surface area contributed by atoms with Crippen LogP contribution < -0.4 is 14.4 Å². The first-order valence-corrected chi connectivity index (χ1v) is 9.41. The van der Waals surface area contributed by atoms with Crippen LogP contribution in [0.2, 0.25) is 0 Å². The van der Waals surface area contributed by atoms with Crippen LogP contribution in [0.3, 0.4) is 0 Å². The Labute approximate surface area is 167 Å². The summed E-state index contributed by atoms with van der Waals surface area (Å²) in [5.74, 6) is 1.57. The van der Waals surface area contributed by atoms with E-state index < -0.39 is 0 Å². The van der Waals surface area contributed by atoms with E-state index in [1.807, 2.05) is 31.3 Å². The number of anilines is 1. The summed E-state index contributed by atoms with van der Waals surface area (Å²) in [5.41, 5.74) is 6.68. The molecule has 0 atom stereocenters. The Kier molecular flexibility index (Phi) is 6.05. The first-order chi connectivity index (χ1) is 13.5. The molecule has 0 aromatic heterocycles. The van der Waals surface area contributed by atoms with E-state index in [-0.39, 0.29) is 0 Å². The van der Waals surface area contributed by atoms with Crippen molar-refractivity contribution in [1.29, 1.82) is 0 Å². The van der Waals surface area contributed by atoms with E-state index in [0.29, 0.717) is 13.2 Å². The summed E-state index contributed by atoms with van der Waals surface area (Å²) in [6.45, 7) is 13.4. The van der Waals surface area contributed by atoms with Gasteiger partial charge in [-0.2, -0.15) is 0 Å². The van der Waals surface area contributed by atoms with Gasteiger partial charge in [0.15, 0.2) is 11.5 Å². The average Bonchev–Trinajstić information content (AvgIpc) is 2.75. The number of benzene rings is 2. The van der Waals surface area contributed by atoms with Crippen molar-refractivity contribution in [2.24, 2.45) is 0 Å². The highest BCUT2D eigenvalue weighted by Crippen LogP contribution is 2.35. The van der Waals surface area contributed by atoms with Gasteiger partial charge in [0.25, 0.3) is 0 Å². The largest absolute Gasteiger partial charge is 0.486 e. The molecule has 3 rings (SSSR count). The number of nitrogens with zero attached hydrogens (tertiary/aromatic N) is 1. The summed E-state index contributed by atoms with van der Waals surface area (Å²) in [6, 6.07) is 14.5. The van der Waals surface area contributed by atoms with E-state index in [1.165, 1.54) is 16.7 Å². The number of rotatable bonds is 6. The van der Waals surface area contributed by atoms with Crippen LogP contribution in [-0.4, -0.2) is 20.3 Å². The van der Waals surface area contributed by atoms with Crippen LogP contribution in [0.25, 0.3) is 11.3 Å². The van der Waals surface area contributed by atoms with Crippen molar-refractivity contribution in [1.82, 2.24) is 0 Å². The van der Waals surface area contributed by atoms with Crippen LogP contribution in [0, 0.1) is 0 Å². The highest BCUT2D eigenvalue weighted by Gasteiger charge is 2.15. The van der Waals surface area contributed by atoms with Crippen LogP contribution in [0.15, 0.2) is 79.4 Å². The van der Waals surface area contributed by atoms with Gasteiger partial charge in [-0.15, -0.1) is 0 Å². The Hall–Kier alpha value is -3.20. The highest BCUT2D eigenvalue weighted by molar-refractivity contribution is 5.79. The maximum atomic E-state index is 5.69. The number of allylic oxidation sites excluding steroid dienone is 5. The molecule has 0 radical (unpaired) electrons. The molecule has 144 valence electrons. The van der Waals surface area contributed by atoms with Gasteiger partial charge in [-0.3, -0.25) is 0 Å². The molecule has 0 fully saturated rings. The fourth-order valence-electron chi connectivity index (χ4n) is 3.07. The Morgan fingerprint density at radius 1 is 0.964 bits per heavy atom. The minimum atomic E-state index is 0.580. The third-order valence-corrected chi connectivity index (χ3v) is 5.04. The molecule has 1 heterocycles. The quantitative estimate of drug-likeness (QED) is 0.571. The smallest absolute Gasteiger partial charge is 0.163 e. The molecule has 0 saturated carbocycles. The average molecular weight is 373 g/mol. The van der Waals surface area contributed by atoms with Crippen LogP contribution in [0.1, 0.15) is 25.0 Å². The molecule has 3 nitrogen and oxygen atoms in total. The predicted molar refractivity (Wildman–Crippen MR) is 119 cm³/mol.